The van der Waals surface area contributed by atoms with Gasteiger partial charge in [-0.3, -0.25) is 4.68 Å². The number of nitrogens with zero attached hydrogens (tertiary/aromatic N) is 4. The fourth-order valence-electron chi connectivity index (χ4n) is 1.90. The van der Waals surface area contributed by atoms with Gasteiger partial charge in [0.1, 0.15) is 5.82 Å². The van der Waals surface area contributed by atoms with Gasteiger partial charge >= 0.3 is 0 Å². The molecule has 19 heavy (non-hydrogen) atoms. The SMILES string of the molecule is CCc1nc(S(=O)(=O)Cl)cn1CCc1ccnn1C. The Kier molecular flexibility index (Phi) is 3.96. The van der Waals surface area contributed by atoms with Crippen molar-refractivity contribution in [2.45, 2.75) is 31.3 Å². The lowest BCUT2D eigenvalue weighted by atomic mass is 10.3. The Balaban J connectivity index is 2.20. The number of aromatic nitrogens is 4. The minimum Gasteiger partial charge on any atom is -0.333 e. The monoisotopic (exact) mass is 302 g/mol. The molecule has 0 spiro atoms. The van der Waals surface area contributed by atoms with Crippen LogP contribution in [-0.2, 0) is 35.5 Å². The lowest BCUT2D eigenvalue weighted by Gasteiger charge is -2.06. The third-order valence-electron chi connectivity index (χ3n) is 2.93. The molecule has 0 radical (unpaired) electrons. The van der Waals surface area contributed by atoms with E-state index < -0.39 is 9.05 Å². The maximum absolute atomic E-state index is 11.3. The van der Waals surface area contributed by atoms with E-state index in [1.165, 1.54) is 6.20 Å². The van der Waals surface area contributed by atoms with E-state index in [9.17, 15) is 8.42 Å². The predicted octanol–water partition coefficient (Wildman–Crippen LogP) is 1.35. The van der Waals surface area contributed by atoms with Crippen LogP contribution in [-0.4, -0.2) is 27.7 Å². The molecule has 104 valence electrons. The number of rotatable bonds is 5. The molecule has 0 aromatic carbocycles. The first-order valence-corrected chi connectivity index (χ1v) is 8.20. The van der Waals surface area contributed by atoms with Crippen molar-refractivity contribution >= 4 is 19.7 Å². The summed E-state index contributed by atoms with van der Waals surface area (Å²) in [5, 5.41) is 4.00. The zero-order valence-electron chi connectivity index (χ0n) is 10.7. The van der Waals surface area contributed by atoms with Crippen LogP contribution in [0, 0.1) is 0 Å². The fourth-order valence-corrected chi connectivity index (χ4v) is 2.59. The van der Waals surface area contributed by atoms with Crippen LogP contribution >= 0.6 is 10.7 Å². The molecule has 2 rings (SSSR count). The molecular formula is C11H15ClN4O2S. The van der Waals surface area contributed by atoms with Gasteiger partial charge < -0.3 is 4.57 Å². The summed E-state index contributed by atoms with van der Waals surface area (Å²) >= 11 is 0. The summed E-state index contributed by atoms with van der Waals surface area (Å²) in [7, 11) is 3.41. The van der Waals surface area contributed by atoms with Gasteiger partial charge in [-0.2, -0.15) is 5.10 Å². The average Bonchev–Trinajstić information content (AvgIpc) is 2.91. The second kappa shape index (κ2) is 5.34. The predicted molar refractivity (Wildman–Crippen MR) is 71.6 cm³/mol. The number of aryl methyl sites for hydroxylation is 4. The summed E-state index contributed by atoms with van der Waals surface area (Å²) in [4.78, 5) is 4.04. The second-order valence-electron chi connectivity index (χ2n) is 4.18. The van der Waals surface area contributed by atoms with E-state index in [-0.39, 0.29) is 5.03 Å². The van der Waals surface area contributed by atoms with Gasteiger partial charge in [-0.25, -0.2) is 13.4 Å². The second-order valence-corrected chi connectivity index (χ2v) is 6.69. The Labute approximate surface area is 116 Å². The summed E-state index contributed by atoms with van der Waals surface area (Å²) in [5.41, 5.74) is 1.08. The first-order chi connectivity index (χ1) is 8.91. The van der Waals surface area contributed by atoms with Crippen LogP contribution in [0.15, 0.2) is 23.5 Å². The molecule has 2 aromatic heterocycles. The quantitative estimate of drug-likeness (QED) is 0.782. The first kappa shape index (κ1) is 14.1. The summed E-state index contributed by atoms with van der Waals surface area (Å²) in [6.07, 6.45) is 4.62. The van der Waals surface area contributed by atoms with Crippen LogP contribution in [0.1, 0.15) is 18.4 Å². The Morgan fingerprint density at radius 2 is 2.16 bits per heavy atom. The lowest BCUT2D eigenvalue weighted by Crippen LogP contribution is -2.07. The fraction of sp³-hybridized carbons (Fsp3) is 0.455. The molecule has 0 amide bonds. The molecule has 0 aliphatic rings. The van der Waals surface area contributed by atoms with Crippen LogP contribution in [0.25, 0.3) is 0 Å². The van der Waals surface area contributed by atoms with Crippen LogP contribution in [0.4, 0.5) is 0 Å². The molecule has 0 N–H and O–H groups in total. The van der Waals surface area contributed by atoms with Crippen LogP contribution < -0.4 is 0 Å². The summed E-state index contributed by atoms with van der Waals surface area (Å²) in [5.74, 6) is 0.710. The summed E-state index contributed by atoms with van der Waals surface area (Å²) in [6.45, 7) is 2.57. The van der Waals surface area contributed by atoms with E-state index in [2.05, 4.69) is 10.1 Å². The van der Waals surface area contributed by atoms with Gasteiger partial charge in [0.15, 0.2) is 5.03 Å². The Bertz CT molecular complexity index is 675. The van der Waals surface area contributed by atoms with Gasteiger partial charge in [0, 0.05) is 55.2 Å². The molecule has 0 atom stereocenters. The minimum atomic E-state index is -3.77. The van der Waals surface area contributed by atoms with Crippen molar-refractivity contribution in [2.75, 3.05) is 0 Å². The molecule has 8 heteroatoms. The highest BCUT2D eigenvalue weighted by atomic mass is 35.7. The largest absolute Gasteiger partial charge is 0.333 e. The van der Waals surface area contributed by atoms with Gasteiger partial charge in [-0.05, 0) is 6.07 Å². The number of hydrogen-bond acceptors (Lipinski definition) is 4. The molecule has 0 bridgehead atoms. The minimum absolute atomic E-state index is 0.0870. The van der Waals surface area contributed by atoms with Crippen LogP contribution in [0.2, 0.25) is 0 Å². The van der Waals surface area contributed by atoms with E-state index in [0.29, 0.717) is 18.8 Å². The van der Waals surface area contributed by atoms with Crippen molar-refractivity contribution in [1.82, 2.24) is 19.3 Å². The van der Waals surface area contributed by atoms with Gasteiger partial charge in [-0.15, -0.1) is 0 Å². The maximum atomic E-state index is 11.3. The zero-order valence-corrected chi connectivity index (χ0v) is 12.3. The number of hydrogen-bond donors (Lipinski definition) is 0. The Morgan fingerprint density at radius 1 is 1.42 bits per heavy atom. The lowest BCUT2D eigenvalue weighted by molar-refractivity contribution is 0.605. The molecule has 0 unspecified atom stereocenters. The maximum Gasteiger partial charge on any atom is 0.280 e. The van der Waals surface area contributed by atoms with E-state index in [0.717, 1.165) is 12.1 Å². The standard InChI is InChI=1S/C11H15ClN4O2S/c1-3-10-14-11(19(12,17)18)8-16(10)7-5-9-4-6-13-15(9)2/h4,6,8H,3,5,7H2,1-2H3. The van der Waals surface area contributed by atoms with Gasteiger partial charge in [0.05, 0.1) is 0 Å². The van der Waals surface area contributed by atoms with Crippen molar-refractivity contribution in [2.24, 2.45) is 7.05 Å². The van der Waals surface area contributed by atoms with E-state index >= 15 is 0 Å². The number of halogens is 1. The highest BCUT2D eigenvalue weighted by molar-refractivity contribution is 8.13. The van der Waals surface area contributed by atoms with Crippen LogP contribution in [0.5, 0.6) is 0 Å². The number of imidazole rings is 1. The van der Waals surface area contributed by atoms with E-state index in [1.54, 1.807) is 10.9 Å². The smallest absolute Gasteiger partial charge is 0.280 e. The molecule has 6 nitrogen and oxygen atoms in total. The molecular weight excluding hydrogens is 288 g/mol. The van der Waals surface area contributed by atoms with Gasteiger partial charge in [0.2, 0.25) is 0 Å². The molecule has 0 saturated heterocycles. The topological polar surface area (TPSA) is 69.8 Å². The third kappa shape index (κ3) is 3.16. The van der Waals surface area contributed by atoms with Crippen molar-refractivity contribution in [1.29, 1.82) is 0 Å². The highest BCUT2D eigenvalue weighted by Crippen LogP contribution is 2.15. The van der Waals surface area contributed by atoms with Crippen LogP contribution in [0.3, 0.4) is 0 Å². The van der Waals surface area contributed by atoms with Crippen molar-refractivity contribution in [3.63, 3.8) is 0 Å². The Hall–Kier alpha value is -1.34. The van der Waals surface area contributed by atoms with E-state index in [4.69, 9.17) is 10.7 Å². The normalized spacial score (nSPS) is 11.9. The van der Waals surface area contributed by atoms with Crippen molar-refractivity contribution < 1.29 is 8.42 Å². The summed E-state index contributed by atoms with van der Waals surface area (Å²) < 4.78 is 26.2. The molecule has 0 saturated carbocycles. The van der Waals surface area contributed by atoms with Crippen molar-refractivity contribution in [3.05, 3.63) is 30.0 Å². The van der Waals surface area contributed by atoms with Gasteiger partial charge in [0.25, 0.3) is 9.05 Å². The average molecular weight is 303 g/mol. The van der Waals surface area contributed by atoms with Gasteiger partial charge in [-0.1, -0.05) is 6.92 Å². The molecule has 0 fully saturated rings. The molecule has 0 aliphatic heterocycles. The first-order valence-electron chi connectivity index (χ1n) is 5.89. The summed E-state index contributed by atoms with van der Waals surface area (Å²) in [6, 6.07) is 1.93. The van der Waals surface area contributed by atoms with E-state index in [1.807, 2.05) is 24.6 Å². The zero-order chi connectivity index (χ0) is 14.0. The van der Waals surface area contributed by atoms with Crippen molar-refractivity contribution in [3.8, 4) is 0 Å². The Morgan fingerprint density at radius 3 is 2.68 bits per heavy atom. The molecule has 0 aliphatic carbocycles. The molecule has 2 aromatic rings. The molecule has 2 heterocycles. The third-order valence-corrected chi connectivity index (χ3v) is 4.10. The highest BCUT2D eigenvalue weighted by Gasteiger charge is 2.17.